The van der Waals surface area contributed by atoms with Crippen LogP contribution in [0.3, 0.4) is 0 Å². The topological polar surface area (TPSA) is 139 Å². The van der Waals surface area contributed by atoms with Crippen LogP contribution in [0.1, 0.15) is 36.3 Å². The predicted molar refractivity (Wildman–Crippen MR) is 162 cm³/mol. The number of aryl methyl sites for hydroxylation is 2. The third-order valence-electron chi connectivity index (χ3n) is 8.71. The van der Waals surface area contributed by atoms with E-state index >= 15 is 0 Å². The molecule has 1 aliphatic heterocycles. The minimum absolute atomic E-state index is 0.00640. The van der Waals surface area contributed by atoms with Crippen molar-refractivity contribution in [2.45, 2.75) is 62.4 Å². The summed E-state index contributed by atoms with van der Waals surface area (Å²) in [6.07, 6.45) is -0.810. The molecule has 2 N–H and O–H groups in total. The number of benzene rings is 1. The number of pyridine rings is 1. The van der Waals surface area contributed by atoms with Gasteiger partial charge >= 0.3 is 6.18 Å². The van der Waals surface area contributed by atoms with Crippen LogP contribution in [0, 0.1) is 13.8 Å². The van der Waals surface area contributed by atoms with Crippen LogP contribution >= 0.6 is 0 Å². The molecule has 0 bridgehead atoms. The standard InChI is InChI=1S/C31H30F3N7O4S/c1-17-27(18(2)45-39-17)25-12-11-21-22(16-41(29(21)36-25)46(43,44)20-7-4-3-5-8-20)28-23(31(32,33)34)13-35-30(38-28)37-24-9-6-10-26(24)40-14-19(42)15-40/h3-5,7-8,11-13,16,19,24,26,42H,6,9-10,14-15H2,1-2H3,(H,35,37,38)/t24-,26-/m0/s1. The number of alkyl halides is 3. The summed E-state index contributed by atoms with van der Waals surface area (Å²) in [5.41, 5.74) is -0.308. The molecule has 1 saturated heterocycles. The molecule has 2 aliphatic rings. The summed E-state index contributed by atoms with van der Waals surface area (Å²) in [6, 6.07) is 10.7. The van der Waals surface area contributed by atoms with E-state index in [-0.39, 0.29) is 45.6 Å². The Balaban J connectivity index is 1.40. The Hall–Kier alpha value is -4.34. The highest BCUT2D eigenvalue weighted by Gasteiger charge is 2.40. The number of aromatic nitrogens is 5. The highest BCUT2D eigenvalue weighted by molar-refractivity contribution is 7.90. The molecule has 0 radical (unpaired) electrons. The molecular weight excluding hydrogens is 623 g/mol. The summed E-state index contributed by atoms with van der Waals surface area (Å²) < 4.78 is 77.6. The lowest BCUT2D eigenvalue weighted by Gasteiger charge is -2.42. The Morgan fingerprint density at radius 2 is 1.80 bits per heavy atom. The van der Waals surface area contributed by atoms with E-state index in [2.05, 4.69) is 30.3 Å². The summed E-state index contributed by atoms with van der Waals surface area (Å²) in [5, 5.41) is 17.1. The van der Waals surface area contributed by atoms with E-state index in [1.807, 2.05) is 0 Å². The van der Waals surface area contributed by atoms with Crippen molar-refractivity contribution in [3.63, 3.8) is 0 Å². The Bertz CT molecular complexity index is 2020. The first kappa shape index (κ1) is 30.3. The van der Waals surface area contributed by atoms with E-state index in [1.54, 1.807) is 38.1 Å². The number of aliphatic hydroxyl groups excluding tert-OH is 1. The normalized spacial score (nSPS) is 19.5. The molecule has 46 heavy (non-hydrogen) atoms. The van der Waals surface area contributed by atoms with Gasteiger partial charge in [-0.1, -0.05) is 23.4 Å². The van der Waals surface area contributed by atoms with Gasteiger partial charge in [0.2, 0.25) is 5.95 Å². The van der Waals surface area contributed by atoms with Gasteiger partial charge in [-0.3, -0.25) is 4.90 Å². The van der Waals surface area contributed by atoms with Gasteiger partial charge in [-0.15, -0.1) is 0 Å². The Labute approximate surface area is 262 Å². The Morgan fingerprint density at radius 3 is 2.48 bits per heavy atom. The zero-order chi connectivity index (χ0) is 32.4. The van der Waals surface area contributed by atoms with Crippen LogP contribution in [0.25, 0.3) is 33.5 Å². The molecule has 0 spiro atoms. The maximum atomic E-state index is 14.5. The molecule has 2 fully saturated rings. The molecule has 15 heteroatoms. The molecule has 0 unspecified atom stereocenters. The van der Waals surface area contributed by atoms with Crippen molar-refractivity contribution >= 4 is 27.0 Å². The van der Waals surface area contributed by atoms with Crippen molar-refractivity contribution in [3.05, 3.63) is 71.9 Å². The SMILES string of the molecule is Cc1noc(C)c1-c1ccc2c(-c3nc(N[C@H]4CCC[C@@H]4N4CC(O)C4)ncc3C(F)(F)F)cn(S(=O)(=O)c3ccccc3)c2n1. The van der Waals surface area contributed by atoms with Gasteiger partial charge in [-0.05, 0) is 57.4 Å². The fraction of sp³-hybridized carbons (Fsp3) is 0.355. The summed E-state index contributed by atoms with van der Waals surface area (Å²) in [6.45, 7) is 4.49. The number of fused-ring (bicyclic) bond motifs is 1. The van der Waals surface area contributed by atoms with Crippen LogP contribution in [0.2, 0.25) is 0 Å². The fourth-order valence-corrected chi connectivity index (χ4v) is 7.81. The number of nitrogens with one attached hydrogen (secondary N) is 1. The van der Waals surface area contributed by atoms with E-state index in [0.717, 1.165) is 35.6 Å². The lowest BCUT2D eigenvalue weighted by Crippen LogP contribution is -2.58. The Morgan fingerprint density at radius 1 is 1.04 bits per heavy atom. The number of aliphatic hydroxyl groups is 1. The lowest BCUT2D eigenvalue weighted by molar-refractivity contribution is -0.137. The van der Waals surface area contributed by atoms with Crippen molar-refractivity contribution in [3.8, 4) is 22.5 Å². The van der Waals surface area contributed by atoms with Crippen LogP contribution in [0.15, 0.2) is 64.3 Å². The van der Waals surface area contributed by atoms with E-state index in [1.165, 1.54) is 18.2 Å². The van der Waals surface area contributed by atoms with Crippen molar-refractivity contribution in [1.29, 1.82) is 0 Å². The minimum atomic E-state index is -4.84. The predicted octanol–water partition coefficient (Wildman–Crippen LogP) is 5.03. The number of hydrogen-bond donors (Lipinski definition) is 2. The molecule has 11 nitrogen and oxygen atoms in total. The van der Waals surface area contributed by atoms with Crippen LogP contribution in [-0.2, 0) is 16.2 Å². The summed E-state index contributed by atoms with van der Waals surface area (Å²) in [7, 11) is -4.30. The number of rotatable bonds is 7. The number of halogens is 3. The van der Waals surface area contributed by atoms with Gasteiger partial charge < -0.3 is 14.9 Å². The van der Waals surface area contributed by atoms with Crippen molar-refractivity contribution in [2.75, 3.05) is 18.4 Å². The molecule has 1 saturated carbocycles. The van der Waals surface area contributed by atoms with Crippen molar-refractivity contribution < 1.29 is 31.2 Å². The van der Waals surface area contributed by atoms with Gasteiger partial charge in [0.15, 0.2) is 5.65 Å². The molecule has 0 amide bonds. The van der Waals surface area contributed by atoms with Crippen molar-refractivity contribution in [2.24, 2.45) is 0 Å². The van der Waals surface area contributed by atoms with E-state index in [0.29, 0.717) is 35.8 Å². The summed E-state index contributed by atoms with van der Waals surface area (Å²) in [4.78, 5) is 15.1. The van der Waals surface area contributed by atoms with Gasteiger partial charge in [0.25, 0.3) is 10.0 Å². The first-order valence-corrected chi connectivity index (χ1v) is 16.2. The van der Waals surface area contributed by atoms with Gasteiger partial charge in [0.05, 0.1) is 33.6 Å². The smallest absolute Gasteiger partial charge is 0.390 e. The van der Waals surface area contributed by atoms with Crippen LogP contribution < -0.4 is 5.32 Å². The number of likely N-dealkylation sites (tertiary alicyclic amines) is 1. The molecule has 1 aliphatic carbocycles. The molecule has 7 rings (SSSR count). The highest BCUT2D eigenvalue weighted by atomic mass is 32.2. The maximum absolute atomic E-state index is 14.5. The van der Waals surface area contributed by atoms with Gasteiger partial charge in [-0.2, -0.15) is 13.2 Å². The molecule has 5 aromatic rings. The van der Waals surface area contributed by atoms with E-state index in [4.69, 9.17) is 4.52 Å². The lowest BCUT2D eigenvalue weighted by atomic mass is 10.0. The molecule has 5 heterocycles. The van der Waals surface area contributed by atoms with E-state index < -0.39 is 27.5 Å². The molecule has 1 aromatic carbocycles. The number of β-amino-alcohol motifs (C(OH)–C–C–N with tert-alkyl or cyclic N) is 1. The zero-order valence-corrected chi connectivity index (χ0v) is 25.7. The van der Waals surface area contributed by atoms with Crippen molar-refractivity contribution in [1.82, 2.24) is 29.0 Å². The number of hydrogen-bond acceptors (Lipinski definition) is 10. The largest absolute Gasteiger partial charge is 0.419 e. The second-order valence-electron chi connectivity index (χ2n) is 11.7. The highest BCUT2D eigenvalue weighted by Crippen LogP contribution is 2.41. The van der Waals surface area contributed by atoms with Gasteiger partial charge in [0.1, 0.15) is 11.3 Å². The second-order valence-corrected chi connectivity index (χ2v) is 13.5. The van der Waals surface area contributed by atoms with Gasteiger partial charge in [-0.25, -0.2) is 27.3 Å². The summed E-state index contributed by atoms with van der Waals surface area (Å²) >= 11 is 0. The number of anilines is 1. The maximum Gasteiger partial charge on any atom is 0.419 e. The average molecular weight is 654 g/mol. The number of nitrogens with zero attached hydrogens (tertiary/aromatic N) is 6. The van der Waals surface area contributed by atoms with E-state index in [9.17, 15) is 26.7 Å². The van der Waals surface area contributed by atoms with Crippen LogP contribution in [0.5, 0.6) is 0 Å². The monoisotopic (exact) mass is 653 g/mol. The van der Waals surface area contributed by atoms with Crippen LogP contribution in [0.4, 0.5) is 19.1 Å². The zero-order valence-electron chi connectivity index (χ0n) is 24.9. The molecular formula is C31H30F3N7O4S. The third kappa shape index (κ3) is 5.21. The second kappa shape index (κ2) is 11.2. The molecule has 4 aromatic heterocycles. The summed E-state index contributed by atoms with van der Waals surface area (Å²) in [5.74, 6) is 0.450. The average Bonchev–Trinajstić information content (AvgIpc) is 3.72. The molecule has 240 valence electrons. The fourth-order valence-electron chi connectivity index (χ4n) is 6.47. The first-order valence-electron chi connectivity index (χ1n) is 14.8. The first-order chi connectivity index (χ1) is 21.9. The molecule has 2 atom stereocenters. The minimum Gasteiger partial charge on any atom is -0.390 e. The quantitative estimate of drug-likeness (QED) is 0.246. The third-order valence-corrected chi connectivity index (χ3v) is 10.4. The van der Waals surface area contributed by atoms with Crippen LogP contribution in [-0.4, -0.2) is 73.8 Å². The Kier molecular flexibility index (Phi) is 7.36. The van der Waals surface area contributed by atoms with Gasteiger partial charge in [0, 0.05) is 48.5 Å².